The van der Waals surface area contributed by atoms with Crippen molar-refractivity contribution in [1.29, 1.82) is 0 Å². The summed E-state index contributed by atoms with van der Waals surface area (Å²) in [4.78, 5) is 10.7. The van der Waals surface area contributed by atoms with Gasteiger partial charge in [-0.25, -0.2) is 4.98 Å². The van der Waals surface area contributed by atoms with E-state index in [1.165, 1.54) is 0 Å². The van der Waals surface area contributed by atoms with E-state index in [0.29, 0.717) is 25.9 Å². The van der Waals surface area contributed by atoms with Crippen LogP contribution in [0.3, 0.4) is 0 Å². The predicted molar refractivity (Wildman–Crippen MR) is 91.2 cm³/mol. The Kier molecular flexibility index (Phi) is 6.48. The van der Waals surface area contributed by atoms with Crippen LogP contribution in [0.1, 0.15) is 36.4 Å². The molecule has 2 rings (SSSR count). The molecule has 0 amide bonds. The Morgan fingerprint density at radius 2 is 2.04 bits per heavy atom. The number of aliphatic imine (C=N–C) groups is 1. The van der Waals surface area contributed by atoms with Gasteiger partial charge in [-0.1, -0.05) is 0 Å². The van der Waals surface area contributed by atoms with Gasteiger partial charge in [-0.05, 0) is 38.5 Å². The molecule has 136 valence electrons. The van der Waals surface area contributed by atoms with Crippen LogP contribution in [0.5, 0.6) is 0 Å². The maximum Gasteiger partial charge on any atom is 0.391 e. The molecular formula is C16H25F3N4S. The number of nitrogens with one attached hydrogen (secondary N) is 1. The summed E-state index contributed by atoms with van der Waals surface area (Å²) >= 11 is 1.61. The Morgan fingerprint density at radius 3 is 2.54 bits per heavy atom. The number of alkyl halides is 3. The Balaban J connectivity index is 1.78. The molecule has 1 N–H and O–H groups in total. The van der Waals surface area contributed by atoms with Gasteiger partial charge in [0, 0.05) is 26.0 Å². The molecule has 1 saturated carbocycles. The van der Waals surface area contributed by atoms with Gasteiger partial charge in [0.2, 0.25) is 0 Å². The van der Waals surface area contributed by atoms with Gasteiger partial charge in [0.1, 0.15) is 0 Å². The van der Waals surface area contributed by atoms with Crippen LogP contribution in [0.2, 0.25) is 0 Å². The first-order valence-electron chi connectivity index (χ1n) is 8.19. The van der Waals surface area contributed by atoms with Crippen LogP contribution in [0.4, 0.5) is 13.2 Å². The molecule has 0 atom stereocenters. The highest BCUT2D eigenvalue weighted by Crippen LogP contribution is 2.39. The fraction of sp³-hybridized carbons (Fsp3) is 0.750. The van der Waals surface area contributed by atoms with Crippen LogP contribution in [0, 0.1) is 18.8 Å². The monoisotopic (exact) mass is 362 g/mol. The van der Waals surface area contributed by atoms with Crippen molar-refractivity contribution in [3.8, 4) is 0 Å². The lowest BCUT2D eigenvalue weighted by Crippen LogP contribution is -2.41. The normalized spacial score (nSPS) is 22.5. The second-order valence-corrected chi connectivity index (χ2v) is 7.46. The van der Waals surface area contributed by atoms with Crippen molar-refractivity contribution in [2.75, 3.05) is 20.6 Å². The fourth-order valence-corrected chi connectivity index (χ4v) is 3.72. The van der Waals surface area contributed by atoms with Crippen molar-refractivity contribution in [3.63, 3.8) is 0 Å². The van der Waals surface area contributed by atoms with E-state index in [1.54, 1.807) is 18.4 Å². The van der Waals surface area contributed by atoms with Gasteiger partial charge in [0.15, 0.2) is 5.96 Å². The molecule has 8 heteroatoms. The second-order valence-electron chi connectivity index (χ2n) is 6.40. The Bertz CT molecular complexity index is 548. The van der Waals surface area contributed by atoms with Crippen LogP contribution in [-0.2, 0) is 6.54 Å². The summed E-state index contributed by atoms with van der Waals surface area (Å²) in [5.41, 5.74) is 0.994. The van der Waals surface area contributed by atoms with E-state index in [4.69, 9.17) is 0 Å². The van der Waals surface area contributed by atoms with E-state index in [9.17, 15) is 13.2 Å². The highest BCUT2D eigenvalue weighted by molar-refractivity contribution is 7.09. The molecule has 24 heavy (non-hydrogen) atoms. The van der Waals surface area contributed by atoms with Gasteiger partial charge >= 0.3 is 6.18 Å². The largest absolute Gasteiger partial charge is 0.391 e. The third kappa shape index (κ3) is 5.36. The summed E-state index contributed by atoms with van der Waals surface area (Å²) in [6.07, 6.45) is -2.34. The summed E-state index contributed by atoms with van der Waals surface area (Å²) < 4.78 is 38.1. The van der Waals surface area contributed by atoms with Crippen LogP contribution in [0.25, 0.3) is 0 Å². The molecule has 0 spiro atoms. The molecule has 1 aromatic heterocycles. The van der Waals surface area contributed by atoms with E-state index >= 15 is 0 Å². The smallest absolute Gasteiger partial charge is 0.356 e. The topological polar surface area (TPSA) is 40.5 Å². The third-order valence-electron chi connectivity index (χ3n) is 4.50. The molecule has 4 nitrogen and oxygen atoms in total. The minimum Gasteiger partial charge on any atom is -0.356 e. The number of hydrogen-bond acceptors (Lipinski definition) is 3. The number of hydrogen-bond donors (Lipinski definition) is 1. The molecular weight excluding hydrogens is 337 g/mol. The summed E-state index contributed by atoms with van der Waals surface area (Å²) in [5.74, 6) is -0.0995. The van der Waals surface area contributed by atoms with E-state index < -0.39 is 12.1 Å². The molecule has 1 heterocycles. The van der Waals surface area contributed by atoms with Gasteiger partial charge < -0.3 is 10.2 Å². The first-order chi connectivity index (χ1) is 11.3. The highest BCUT2D eigenvalue weighted by atomic mass is 32.1. The minimum atomic E-state index is -4.04. The van der Waals surface area contributed by atoms with Gasteiger partial charge in [-0.15, -0.1) is 11.3 Å². The number of nitrogens with zero attached hydrogens (tertiary/aromatic N) is 3. The number of aryl methyl sites for hydroxylation is 1. The van der Waals surface area contributed by atoms with Crippen LogP contribution >= 0.6 is 11.3 Å². The maximum atomic E-state index is 12.7. The molecule has 0 aromatic carbocycles. The van der Waals surface area contributed by atoms with E-state index in [1.807, 2.05) is 24.3 Å². The fourth-order valence-electron chi connectivity index (χ4n) is 3.11. The summed E-state index contributed by atoms with van der Waals surface area (Å²) in [7, 11) is 3.65. The minimum absolute atomic E-state index is 0.238. The molecule has 1 aliphatic rings. The second kappa shape index (κ2) is 8.18. The third-order valence-corrected chi connectivity index (χ3v) is 5.32. The highest BCUT2D eigenvalue weighted by Gasteiger charge is 2.41. The number of guanidine groups is 1. The zero-order valence-corrected chi connectivity index (χ0v) is 15.2. The van der Waals surface area contributed by atoms with Crippen LogP contribution in [0.15, 0.2) is 10.4 Å². The van der Waals surface area contributed by atoms with Gasteiger partial charge in [0.05, 0.1) is 23.2 Å². The lowest BCUT2D eigenvalue weighted by molar-refractivity contribution is -0.183. The van der Waals surface area contributed by atoms with Crippen LogP contribution < -0.4 is 5.32 Å². The van der Waals surface area contributed by atoms with E-state index in [0.717, 1.165) is 16.7 Å². The zero-order valence-electron chi connectivity index (χ0n) is 14.4. The molecule has 0 radical (unpaired) electrons. The Hall–Kier alpha value is -1.31. The number of aromatic nitrogens is 1. The first-order valence-corrected chi connectivity index (χ1v) is 9.07. The maximum absolute atomic E-state index is 12.7. The number of halogens is 3. The molecule has 1 aliphatic carbocycles. The predicted octanol–water partition coefficient (Wildman–Crippen LogP) is 3.83. The molecule has 0 saturated heterocycles. The van der Waals surface area contributed by atoms with Gasteiger partial charge in [-0.2, -0.15) is 13.2 Å². The standard InChI is InChI=1S/C16H25F3N4S/c1-11-22-14(10-24-11)9-23(3)15(20-2)21-8-12-4-6-13(7-5-12)16(17,18)19/h10,12-13H,4-9H2,1-3H3,(H,20,21). The first kappa shape index (κ1) is 19.0. The van der Waals surface area contributed by atoms with Crippen molar-refractivity contribution in [2.45, 2.75) is 45.3 Å². The average Bonchev–Trinajstić information content (AvgIpc) is 2.92. The van der Waals surface area contributed by atoms with Crippen molar-refractivity contribution >= 4 is 17.3 Å². The van der Waals surface area contributed by atoms with Crippen molar-refractivity contribution in [3.05, 3.63) is 16.1 Å². The van der Waals surface area contributed by atoms with E-state index in [2.05, 4.69) is 15.3 Å². The van der Waals surface area contributed by atoms with Crippen LogP contribution in [-0.4, -0.2) is 42.7 Å². The summed E-state index contributed by atoms with van der Waals surface area (Å²) in [5, 5.41) is 6.35. The van der Waals surface area contributed by atoms with Gasteiger partial charge in [0.25, 0.3) is 0 Å². The Labute approximate surface area is 145 Å². The Morgan fingerprint density at radius 1 is 1.38 bits per heavy atom. The summed E-state index contributed by atoms with van der Waals surface area (Å²) in [6, 6.07) is 0. The molecule has 1 fully saturated rings. The van der Waals surface area contributed by atoms with E-state index in [-0.39, 0.29) is 18.8 Å². The zero-order chi connectivity index (χ0) is 17.7. The van der Waals surface area contributed by atoms with Crippen molar-refractivity contribution in [2.24, 2.45) is 16.8 Å². The quantitative estimate of drug-likeness (QED) is 0.654. The SMILES string of the molecule is CN=C(NCC1CCC(C(F)(F)F)CC1)N(C)Cc1csc(C)n1. The molecule has 0 bridgehead atoms. The number of rotatable bonds is 4. The molecule has 1 aromatic rings. The molecule has 0 unspecified atom stereocenters. The number of thiazole rings is 1. The van der Waals surface area contributed by atoms with Crippen molar-refractivity contribution in [1.82, 2.24) is 15.2 Å². The van der Waals surface area contributed by atoms with Crippen molar-refractivity contribution < 1.29 is 13.2 Å². The lowest BCUT2D eigenvalue weighted by Gasteiger charge is -2.31. The lowest BCUT2D eigenvalue weighted by atomic mass is 9.81. The molecule has 0 aliphatic heterocycles. The summed E-state index contributed by atoms with van der Waals surface area (Å²) in [6.45, 7) is 3.29. The van der Waals surface area contributed by atoms with Gasteiger partial charge in [-0.3, -0.25) is 4.99 Å². The average molecular weight is 362 g/mol.